The number of para-hydroxylation sites is 1. The van der Waals surface area contributed by atoms with Crippen LogP contribution in [0.4, 0.5) is 5.82 Å². The van der Waals surface area contributed by atoms with E-state index in [9.17, 15) is 5.11 Å². The van der Waals surface area contributed by atoms with Gasteiger partial charge in [-0.25, -0.2) is 4.98 Å². The summed E-state index contributed by atoms with van der Waals surface area (Å²) in [6, 6.07) is 17.9. The molecule has 2 aromatic carbocycles. The van der Waals surface area contributed by atoms with Crippen LogP contribution in [0.25, 0.3) is 10.9 Å². The predicted octanol–water partition coefficient (Wildman–Crippen LogP) is 4.10. The number of benzene rings is 2. The number of nitrogens with zero attached hydrogens (tertiary/aromatic N) is 2. The lowest BCUT2D eigenvalue weighted by atomic mass is 10.1. The second-order valence-electron chi connectivity index (χ2n) is 6.26. The van der Waals surface area contributed by atoms with E-state index < -0.39 is 0 Å². The number of pyridine rings is 1. The SMILES string of the molecule is CN(C)C(CNc1nc2ccccc2cc1CO)c1ccc(Cl)cc1. The molecule has 0 saturated heterocycles. The molecule has 0 aliphatic heterocycles. The maximum atomic E-state index is 9.69. The van der Waals surface area contributed by atoms with E-state index >= 15 is 0 Å². The minimum Gasteiger partial charge on any atom is -0.392 e. The van der Waals surface area contributed by atoms with Crippen LogP contribution in [0.3, 0.4) is 0 Å². The normalized spacial score (nSPS) is 12.5. The zero-order valence-electron chi connectivity index (χ0n) is 14.4. The van der Waals surface area contributed by atoms with Gasteiger partial charge in [0.2, 0.25) is 0 Å². The van der Waals surface area contributed by atoms with E-state index in [1.54, 1.807) is 0 Å². The highest BCUT2D eigenvalue weighted by Crippen LogP contribution is 2.24. The number of fused-ring (bicyclic) bond motifs is 1. The zero-order chi connectivity index (χ0) is 17.8. The molecular formula is C20H22ClN3O. The Hall–Kier alpha value is -2.14. The van der Waals surface area contributed by atoms with Crippen molar-refractivity contribution in [2.75, 3.05) is 26.0 Å². The summed E-state index contributed by atoms with van der Waals surface area (Å²) in [5, 5.41) is 14.9. The van der Waals surface area contributed by atoms with Gasteiger partial charge in [-0.2, -0.15) is 0 Å². The lowest BCUT2D eigenvalue weighted by molar-refractivity contribution is 0.282. The van der Waals surface area contributed by atoms with Crippen LogP contribution in [0.2, 0.25) is 5.02 Å². The van der Waals surface area contributed by atoms with Crippen LogP contribution in [-0.2, 0) is 6.61 Å². The molecule has 0 amide bonds. The largest absolute Gasteiger partial charge is 0.392 e. The Morgan fingerprint density at radius 3 is 2.52 bits per heavy atom. The van der Waals surface area contributed by atoms with Gasteiger partial charge in [-0.05, 0) is 43.9 Å². The lowest BCUT2D eigenvalue weighted by Gasteiger charge is -2.26. The molecule has 0 aliphatic carbocycles. The van der Waals surface area contributed by atoms with Crippen molar-refractivity contribution in [3.05, 3.63) is 70.7 Å². The first kappa shape index (κ1) is 17.7. The molecule has 4 nitrogen and oxygen atoms in total. The third kappa shape index (κ3) is 4.10. The first-order valence-electron chi connectivity index (χ1n) is 8.24. The molecule has 130 valence electrons. The van der Waals surface area contributed by atoms with Gasteiger partial charge < -0.3 is 15.3 Å². The van der Waals surface area contributed by atoms with Crippen molar-refractivity contribution in [3.8, 4) is 0 Å². The maximum Gasteiger partial charge on any atom is 0.132 e. The fourth-order valence-corrected chi connectivity index (χ4v) is 3.04. The van der Waals surface area contributed by atoms with Crippen LogP contribution in [0.15, 0.2) is 54.6 Å². The van der Waals surface area contributed by atoms with Gasteiger partial charge in [-0.1, -0.05) is 41.9 Å². The smallest absolute Gasteiger partial charge is 0.132 e. The Morgan fingerprint density at radius 2 is 1.84 bits per heavy atom. The van der Waals surface area contributed by atoms with E-state index in [2.05, 4.69) is 15.2 Å². The van der Waals surface area contributed by atoms with E-state index in [4.69, 9.17) is 11.6 Å². The number of anilines is 1. The summed E-state index contributed by atoms with van der Waals surface area (Å²) < 4.78 is 0. The summed E-state index contributed by atoms with van der Waals surface area (Å²) in [5.41, 5.74) is 2.88. The predicted molar refractivity (Wildman–Crippen MR) is 104 cm³/mol. The van der Waals surface area contributed by atoms with E-state index in [1.165, 1.54) is 5.56 Å². The summed E-state index contributed by atoms with van der Waals surface area (Å²) in [4.78, 5) is 6.82. The molecule has 5 heteroatoms. The molecule has 2 N–H and O–H groups in total. The molecule has 0 saturated carbocycles. The number of nitrogens with one attached hydrogen (secondary N) is 1. The van der Waals surface area contributed by atoms with Gasteiger partial charge in [0.1, 0.15) is 5.82 Å². The van der Waals surface area contributed by atoms with Crippen LogP contribution < -0.4 is 5.32 Å². The van der Waals surface area contributed by atoms with E-state index in [-0.39, 0.29) is 12.6 Å². The van der Waals surface area contributed by atoms with Crippen molar-refractivity contribution in [1.29, 1.82) is 0 Å². The van der Waals surface area contributed by atoms with Gasteiger partial charge in [0.05, 0.1) is 18.2 Å². The minimum absolute atomic E-state index is 0.0479. The average Bonchev–Trinajstić information content (AvgIpc) is 2.62. The molecule has 1 unspecified atom stereocenters. The van der Waals surface area contributed by atoms with Crippen molar-refractivity contribution < 1.29 is 5.11 Å². The number of hydrogen-bond acceptors (Lipinski definition) is 4. The van der Waals surface area contributed by atoms with Crippen LogP contribution in [0.1, 0.15) is 17.2 Å². The van der Waals surface area contributed by atoms with E-state index in [1.807, 2.05) is 68.7 Å². The molecule has 0 spiro atoms. The van der Waals surface area contributed by atoms with Gasteiger partial charge in [-0.3, -0.25) is 0 Å². The first-order chi connectivity index (χ1) is 12.1. The summed E-state index contributed by atoms with van der Waals surface area (Å²) in [7, 11) is 4.09. The van der Waals surface area contributed by atoms with Crippen LogP contribution >= 0.6 is 11.6 Å². The Morgan fingerprint density at radius 1 is 1.12 bits per heavy atom. The zero-order valence-corrected chi connectivity index (χ0v) is 15.2. The number of aliphatic hydroxyl groups is 1. The lowest BCUT2D eigenvalue weighted by Crippen LogP contribution is -2.27. The fraction of sp³-hybridized carbons (Fsp3) is 0.250. The van der Waals surface area contributed by atoms with Crippen molar-refractivity contribution >= 4 is 28.3 Å². The topological polar surface area (TPSA) is 48.4 Å². The highest BCUT2D eigenvalue weighted by atomic mass is 35.5. The van der Waals surface area contributed by atoms with Crippen molar-refractivity contribution in [2.45, 2.75) is 12.6 Å². The molecule has 1 heterocycles. The second kappa shape index (κ2) is 7.83. The third-order valence-electron chi connectivity index (χ3n) is 4.31. The van der Waals surface area contributed by atoms with Gasteiger partial charge >= 0.3 is 0 Å². The van der Waals surface area contributed by atoms with E-state index in [0.29, 0.717) is 6.54 Å². The summed E-state index contributed by atoms with van der Waals surface area (Å²) in [5.74, 6) is 0.724. The second-order valence-corrected chi connectivity index (χ2v) is 6.70. The number of aromatic nitrogens is 1. The molecule has 1 aromatic heterocycles. The molecule has 0 fully saturated rings. The van der Waals surface area contributed by atoms with Crippen LogP contribution in [-0.4, -0.2) is 35.6 Å². The molecule has 0 bridgehead atoms. The molecule has 0 aliphatic rings. The number of halogens is 1. The highest BCUT2D eigenvalue weighted by Gasteiger charge is 2.15. The first-order valence-corrected chi connectivity index (χ1v) is 8.61. The number of aliphatic hydroxyl groups excluding tert-OH is 1. The van der Waals surface area contributed by atoms with Crippen molar-refractivity contribution in [3.63, 3.8) is 0 Å². The molecule has 3 aromatic rings. The number of likely N-dealkylation sites (N-methyl/N-ethyl adjacent to an activating group) is 1. The summed E-state index contributed by atoms with van der Waals surface area (Å²) in [6.07, 6.45) is 0. The Labute approximate surface area is 153 Å². The fourth-order valence-electron chi connectivity index (χ4n) is 2.91. The molecular weight excluding hydrogens is 334 g/mol. The third-order valence-corrected chi connectivity index (χ3v) is 4.57. The van der Waals surface area contributed by atoms with Gasteiger partial charge in [0, 0.05) is 22.5 Å². The Kier molecular flexibility index (Phi) is 5.53. The maximum absolute atomic E-state index is 9.69. The minimum atomic E-state index is -0.0479. The molecule has 1 atom stereocenters. The molecule has 3 rings (SSSR count). The molecule has 0 radical (unpaired) electrons. The van der Waals surface area contributed by atoms with E-state index in [0.717, 1.165) is 27.3 Å². The molecule has 25 heavy (non-hydrogen) atoms. The summed E-state index contributed by atoms with van der Waals surface area (Å²) >= 11 is 6.00. The highest BCUT2D eigenvalue weighted by molar-refractivity contribution is 6.30. The Balaban J connectivity index is 1.85. The standard InChI is InChI=1S/C20H22ClN3O/c1-24(2)19(14-7-9-17(21)10-8-14)12-22-20-16(13-25)11-15-5-3-4-6-18(15)23-20/h3-11,19,25H,12-13H2,1-2H3,(H,22,23). The van der Waals surface area contributed by atoms with Gasteiger partial charge in [0.15, 0.2) is 0 Å². The van der Waals surface area contributed by atoms with Crippen molar-refractivity contribution in [2.24, 2.45) is 0 Å². The van der Waals surface area contributed by atoms with Crippen LogP contribution in [0, 0.1) is 0 Å². The van der Waals surface area contributed by atoms with Crippen LogP contribution in [0.5, 0.6) is 0 Å². The van der Waals surface area contributed by atoms with Crippen molar-refractivity contribution in [1.82, 2.24) is 9.88 Å². The summed E-state index contributed by atoms with van der Waals surface area (Å²) in [6.45, 7) is 0.626. The quantitative estimate of drug-likeness (QED) is 0.699. The average molecular weight is 356 g/mol. The van der Waals surface area contributed by atoms with Gasteiger partial charge in [-0.15, -0.1) is 0 Å². The Bertz CT molecular complexity index is 849. The van der Waals surface area contributed by atoms with Gasteiger partial charge in [0.25, 0.3) is 0 Å². The number of rotatable bonds is 6. The monoisotopic (exact) mass is 355 g/mol. The number of hydrogen-bond donors (Lipinski definition) is 2.